The van der Waals surface area contributed by atoms with E-state index < -0.39 is 0 Å². The van der Waals surface area contributed by atoms with Crippen LogP contribution in [-0.4, -0.2) is 5.78 Å². The van der Waals surface area contributed by atoms with Gasteiger partial charge >= 0.3 is 0 Å². The molecule has 0 amide bonds. The standard InChI is InChI=1S/C9H14O/c1-2-3-5-8-6-4-7-9(8)10/h2,8H,1,3-7H2/t8-/m1/s1. The third-order valence-electron chi connectivity index (χ3n) is 2.15. The number of rotatable bonds is 3. The Balaban J connectivity index is 2.26. The molecule has 0 saturated heterocycles. The highest BCUT2D eigenvalue weighted by Gasteiger charge is 2.22. The van der Waals surface area contributed by atoms with E-state index in [0.29, 0.717) is 11.7 Å². The summed E-state index contributed by atoms with van der Waals surface area (Å²) in [5, 5.41) is 0. The van der Waals surface area contributed by atoms with Crippen molar-refractivity contribution in [3.63, 3.8) is 0 Å². The lowest BCUT2D eigenvalue weighted by atomic mass is 10.0. The molecule has 1 heteroatoms. The first kappa shape index (κ1) is 7.52. The third-order valence-corrected chi connectivity index (χ3v) is 2.15. The Morgan fingerprint density at radius 3 is 3.00 bits per heavy atom. The summed E-state index contributed by atoms with van der Waals surface area (Å²) in [6.07, 6.45) is 6.97. The van der Waals surface area contributed by atoms with E-state index in [1.165, 1.54) is 0 Å². The number of carbonyl (C=O) groups excluding carboxylic acids is 1. The van der Waals surface area contributed by atoms with E-state index in [2.05, 4.69) is 6.58 Å². The number of ketones is 1. The van der Waals surface area contributed by atoms with Gasteiger partial charge in [-0.2, -0.15) is 0 Å². The van der Waals surface area contributed by atoms with Crippen molar-refractivity contribution in [3.8, 4) is 0 Å². The molecule has 56 valence electrons. The van der Waals surface area contributed by atoms with Crippen LogP contribution in [0, 0.1) is 5.92 Å². The average molecular weight is 138 g/mol. The van der Waals surface area contributed by atoms with Crippen molar-refractivity contribution < 1.29 is 4.79 Å². The van der Waals surface area contributed by atoms with Crippen molar-refractivity contribution in [2.45, 2.75) is 32.1 Å². The highest BCUT2D eigenvalue weighted by Crippen LogP contribution is 2.25. The first-order valence-corrected chi connectivity index (χ1v) is 3.98. The van der Waals surface area contributed by atoms with E-state index in [1.54, 1.807) is 0 Å². The van der Waals surface area contributed by atoms with Crippen molar-refractivity contribution in [2.75, 3.05) is 0 Å². The summed E-state index contributed by atoms with van der Waals surface area (Å²) in [4.78, 5) is 11.0. The molecular weight excluding hydrogens is 124 g/mol. The molecule has 0 heterocycles. The third kappa shape index (κ3) is 1.69. The maximum Gasteiger partial charge on any atom is 0.135 e. The van der Waals surface area contributed by atoms with E-state index in [-0.39, 0.29) is 0 Å². The second-order valence-electron chi connectivity index (χ2n) is 2.92. The highest BCUT2D eigenvalue weighted by molar-refractivity contribution is 5.82. The van der Waals surface area contributed by atoms with Crippen LogP contribution in [0.4, 0.5) is 0 Å². The smallest absolute Gasteiger partial charge is 0.135 e. The molecule has 1 fully saturated rings. The van der Waals surface area contributed by atoms with Gasteiger partial charge in [-0.1, -0.05) is 6.08 Å². The van der Waals surface area contributed by atoms with Crippen molar-refractivity contribution in [1.29, 1.82) is 0 Å². The lowest BCUT2D eigenvalue weighted by molar-refractivity contribution is -0.120. The number of hydrogen-bond donors (Lipinski definition) is 0. The molecular formula is C9H14O. The van der Waals surface area contributed by atoms with Crippen molar-refractivity contribution in [3.05, 3.63) is 12.7 Å². The second kappa shape index (κ2) is 3.55. The Kier molecular flexibility index (Phi) is 2.67. The molecule has 1 aliphatic rings. The molecule has 1 nitrogen and oxygen atoms in total. The van der Waals surface area contributed by atoms with Crippen LogP contribution in [0.1, 0.15) is 32.1 Å². The number of hydrogen-bond acceptors (Lipinski definition) is 1. The van der Waals surface area contributed by atoms with Crippen LogP contribution in [0.3, 0.4) is 0 Å². The van der Waals surface area contributed by atoms with Crippen molar-refractivity contribution in [1.82, 2.24) is 0 Å². The molecule has 0 aliphatic heterocycles. The normalized spacial score (nSPS) is 25.2. The van der Waals surface area contributed by atoms with Crippen molar-refractivity contribution in [2.24, 2.45) is 5.92 Å². The zero-order chi connectivity index (χ0) is 7.40. The molecule has 1 aliphatic carbocycles. The molecule has 10 heavy (non-hydrogen) atoms. The van der Waals surface area contributed by atoms with Gasteiger partial charge in [-0.05, 0) is 25.7 Å². The molecule has 0 aromatic rings. The molecule has 1 rings (SSSR count). The summed E-state index contributed by atoms with van der Waals surface area (Å²) in [6.45, 7) is 3.64. The fourth-order valence-electron chi connectivity index (χ4n) is 1.51. The second-order valence-corrected chi connectivity index (χ2v) is 2.92. The summed E-state index contributed by atoms with van der Waals surface area (Å²) in [5.74, 6) is 0.847. The Hall–Kier alpha value is -0.590. The summed E-state index contributed by atoms with van der Waals surface area (Å²) >= 11 is 0. The Bertz CT molecular complexity index is 138. The summed E-state index contributed by atoms with van der Waals surface area (Å²) in [6, 6.07) is 0. The van der Waals surface area contributed by atoms with E-state index in [9.17, 15) is 4.79 Å². The summed E-state index contributed by atoms with van der Waals surface area (Å²) < 4.78 is 0. The van der Waals surface area contributed by atoms with Crippen LogP contribution in [0.5, 0.6) is 0 Å². The van der Waals surface area contributed by atoms with Crippen LogP contribution in [0.2, 0.25) is 0 Å². The van der Waals surface area contributed by atoms with Crippen LogP contribution >= 0.6 is 0 Å². The Morgan fingerprint density at radius 1 is 1.70 bits per heavy atom. The predicted molar refractivity (Wildman–Crippen MR) is 41.8 cm³/mol. The molecule has 0 aromatic carbocycles. The van der Waals surface area contributed by atoms with Gasteiger partial charge in [-0.25, -0.2) is 0 Å². The number of carbonyl (C=O) groups is 1. The van der Waals surface area contributed by atoms with Gasteiger partial charge in [0.05, 0.1) is 0 Å². The van der Waals surface area contributed by atoms with E-state index in [0.717, 1.165) is 32.1 Å². The topological polar surface area (TPSA) is 17.1 Å². The van der Waals surface area contributed by atoms with Crippen LogP contribution < -0.4 is 0 Å². The molecule has 0 radical (unpaired) electrons. The molecule has 0 bridgehead atoms. The maximum atomic E-state index is 11.0. The quantitative estimate of drug-likeness (QED) is 0.547. The van der Waals surface area contributed by atoms with E-state index >= 15 is 0 Å². The first-order chi connectivity index (χ1) is 4.84. The lowest BCUT2D eigenvalue weighted by Crippen LogP contribution is -2.04. The number of Topliss-reactive ketones (excluding diaryl/α,β-unsaturated/α-hetero) is 1. The lowest BCUT2D eigenvalue weighted by Gasteiger charge is -2.03. The molecule has 0 unspecified atom stereocenters. The minimum Gasteiger partial charge on any atom is -0.299 e. The first-order valence-electron chi connectivity index (χ1n) is 3.98. The Morgan fingerprint density at radius 2 is 2.50 bits per heavy atom. The highest BCUT2D eigenvalue weighted by atomic mass is 16.1. The van der Waals surface area contributed by atoms with E-state index in [4.69, 9.17) is 0 Å². The molecule has 0 aromatic heterocycles. The predicted octanol–water partition coefficient (Wildman–Crippen LogP) is 2.32. The van der Waals surface area contributed by atoms with Gasteiger partial charge in [0.15, 0.2) is 0 Å². The number of allylic oxidation sites excluding steroid dienone is 1. The average Bonchev–Trinajstić information content (AvgIpc) is 2.31. The SMILES string of the molecule is C=CCC[C@@H]1CCCC1=O. The zero-order valence-corrected chi connectivity index (χ0v) is 6.31. The van der Waals surface area contributed by atoms with E-state index in [1.807, 2.05) is 6.08 Å². The molecule has 0 spiro atoms. The zero-order valence-electron chi connectivity index (χ0n) is 6.31. The summed E-state index contributed by atoms with van der Waals surface area (Å²) in [5.41, 5.74) is 0. The Labute approximate surface area is 62.1 Å². The molecule has 1 atom stereocenters. The van der Waals surface area contributed by atoms with Gasteiger partial charge in [0.2, 0.25) is 0 Å². The van der Waals surface area contributed by atoms with Gasteiger partial charge in [0.1, 0.15) is 5.78 Å². The minimum atomic E-state index is 0.373. The fraction of sp³-hybridized carbons (Fsp3) is 0.667. The van der Waals surface area contributed by atoms with Crippen LogP contribution in [-0.2, 0) is 4.79 Å². The monoisotopic (exact) mass is 138 g/mol. The van der Waals surface area contributed by atoms with Gasteiger partial charge in [0, 0.05) is 12.3 Å². The van der Waals surface area contributed by atoms with Gasteiger partial charge in [0.25, 0.3) is 0 Å². The summed E-state index contributed by atoms with van der Waals surface area (Å²) in [7, 11) is 0. The largest absolute Gasteiger partial charge is 0.299 e. The molecule has 1 saturated carbocycles. The fourth-order valence-corrected chi connectivity index (χ4v) is 1.51. The molecule has 0 N–H and O–H groups in total. The minimum absolute atomic E-state index is 0.373. The van der Waals surface area contributed by atoms with Crippen molar-refractivity contribution >= 4 is 5.78 Å². The maximum absolute atomic E-state index is 11.0. The van der Waals surface area contributed by atoms with Crippen LogP contribution in [0.15, 0.2) is 12.7 Å². The van der Waals surface area contributed by atoms with Crippen LogP contribution in [0.25, 0.3) is 0 Å². The van der Waals surface area contributed by atoms with Gasteiger partial charge in [-0.3, -0.25) is 4.79 Å². The van der Waals surface area contributed by atoms with Gasteiger partial charge < -0.3 is 0 Å². The van der Waals surface area contributed by atoms with Gasteiger partial charge in [-0.15, -0.1) is 6.58 Å².